The standard InChI is InChI=1S/C30H31F3N6OS/c1-29(2,3)25-7-4-5-8-26(25)39-17-6-18-41-28(39)38-37-19-21-9-11-22(12-10-21)27(34)36-20-35-23-13-15-24(16-14-23)40-30(31,32)33/h4-5,7-16,19-20H,6,17-18H2,1-3H3,(H2,34,35,36)/b37-19+,38-28-. The van der Waals surface area contributed by atoms with Gasteiger partial charge in [0.25, 0.3) is 0 Å². The first-order valence-corrected chi connectivity index (χ1v) is 13.9. The van der Waals surface area contributed by atoms with Gasteiger partial charge in [0.15, 0.2) is 5.17 Å². The molecule has 0 aromatic heterocycles. The van der Waals surface area contributed by atoms with E-state index in [0.29, 0.717) is 11.3 Å². The molecule has 1 fully saturated rings. The van der Waals surface area contributed by atoms with E-state index in [1.165, 1.54) is 36.2 Å². The number of amidine groups is 2. The minimum Gasteiger partial charge on any atom is -0.406 e. The van der Waals surface area contributed by atoms with Crippen molar-refractivity contribution >= 4 is 46.7 Å². The fourth-order valence-electron chi connectivity index (χ4n) is 4.06. The smallest absolute Gasteiger partial charge is 0.406 e. The molecule has 214 valence electrons. The Kier molecular flexibility index (Phi) is 9.49. The summed E-state index contributed by atoms with van der Waals surface area (Å²) in [5.41, 5.74) is 10.4. The second kappa shape index (κ2) is 13.0. The predicted octanol–water partition coefficient (Wildman–Crippen LogP) is 7.28. The Morgan fingerprint density at radius 2 is 1.68 bits per heavy atom. The van der Waals surface area contributed by atoms with Crippen LogP contribution < -0.4 is 15.4 Å². The van der Waals surface area contributed by atoms with Crippen LogP contribution in [0, 0.1) is 0 Å². The molecule has 1 heterocycles. The Balaban J connectivity index is 1.40. The lowest BCUT2D eigenvalue weighted by Crippen LogP contribution is -2.35. The summed E-state index contributed by atoms with van der Waals surface area (Å²) in [7, 11) is 0. The van der Waals surface area contributed by atoms with Crippen molar-refractivity contribution in [2.75, 3.05) is 17.2 Å². The van der Waals surface area contributed by atoms with Crippen LogP contribution in [-0.2, 0) is 5.41 Å². The van der Waals surface area contributed by atoms with Crippen LogP contribution in [0.25, 0.3) is 0 Å². The van der Waals surface area contributed by atoms with Crippen molar-refractivity contribution in [1.29, 1.82) is 0 Å². The largest absolute Gasteiger partial charge is 0.573 e. The van der Waals surface area contributed by atoms with Crippen molar-refractivity contribution in [3.63, 3.8) is 0 Å². The SMILES string of the molecule is CC(C)(C)c1ccccc1N1CCCS/C1=N\N=C\c1ccc(C(N)=NC=Nc2ccc(OC(F)(F)F)cc2)cc1. The number of para-hydroxylation sites is 1. The Morgan fingerprint density at radius 3 is 2.37 bits per heavy atom. The number of benzene rings is 3. The van der Waals surface area contributed by atoms with Crippen LogP contribution >= 0.6 is 11.8 Å². The van der Waals surface area contributed by atoms with Crippen molar-refractivity contribution in [1.82, 2.24) is 0 Å². The summed E-state index contributed by atoms with van der Waals surface area (Å²) in [5, 5.41) is 9.79. The van der Waals surface area contributed by atoms with Crippen molar-refractivity contribution in [2.45, 2.75) is 39.0 Å². The lowest BCUT2D eigenvalue weighted by molar-refractivity contribution is -0.274. The lowest BCUT2D eigenvalue weighted by atomic mass is 9.85. The fourth-order valence-corrected chi connectivity index (χ4v) is 4.97. The normalized spacial score (nSPS) is 16.2. The molecule has 0 radical (unpaired) electrons. The van der Waals surface area contributed by atoms with E-state index in [1.54, 1.807) is 18.0 Å². The third kappa shape index (κ3) is 8.68. The molecule has 3 aromatic carbocycles. The highest BCUT2D eigenvalue weighted by Crippen LogP contribution is 2.35. The first-order valence-electron chi connectivity index (χ1n) is 12.9. The number of halogens is 3. The van der Waals surface area contributed by atoms with E-state index in [1.807, 2.05) is 24.3 Å². The van der Waals surface area contributed by atoms with Crippen LogP contribution in [0.1, 0.15) is 43.9 Å². The third-order valence-electron chi connectivity index (χ3n) is 6.02. The van der Waals surface area contributed by atoms with Gasteiger partial charge in [-0.15, -0.1) is 18.3 Å². The molecule has 0 aliphatic carbocycles. The number of hydrogen-bond acceptors (Lipinski definition) is 5. The van der Waals surface area contributed by atoms with Crippen molar-refractivity contribution < 1.29 is 17.9 Å². The molecule has 3 aromatic rings. The average Bonchev–Trinajstić information content (AvgIpc) is 2.93. The summed E-state index contributed by atoms with van der Waals surface area (Å²) in [5.74, 6) is 0.910. The molecule has 0 bridgehead atoms. The van der Waals surface area contributed by atoms with Crippen molar-refractivity contribution in [3.05, 3.63) is 89.5 Å². The van der Waals surface area contributed by atoms with Crippen LogP contribution in [0.15, 0.2) is 93.0 Å². The van der Waals surface area contributed by atoms with Gasteiger partial charge in [-0.3, -0.25) is 0 Å². The van der Waals surface area contributed by atoms with Gasteiger partial charge in [0, 0.05) is 23.5 Å². The summed E-state index contributed by atoms with van der Waals surface area (Å²) in [6.45, 7) is 7.53. The Labute approximate surface area is 241 Å². The molecular weight excluding hydrogens is 549 g/mol. The van der Waals surface area contributed by atoms with Gasteiger partial charge in [0.1, 0.15) is 17.9 Å². The Morgan fingerprint density at radius 1 is 0.976 bits per heavy atom. The van der Waals surface area contributed by atoms with Crippen LogP contribution in [0.4, 0.5) is 24.5 Å². The number of anilines is 1. The summed E-state index contributed by atoms with van der Waals surface area (Å²) < 4.78 is 40.7. The number of nitrogens with zero attached hydrogens (tertiary/aromatic N) is 5. The monoisotopic (exact) mass is 580 g/mol. The van der Waals surface area contributed by atoms with Gasteiger partial charge in [-0.1, -0.05) is 75.0 Å². The first-order chi connectivity index (χ1) is 19.5. The second-order valence-corrected chi connectivity index (χ2v) is 11.2. The predicted molar refractivity (Wildman–Crippen MR) is 163 cm³/mol. The van der Waals surface area contributed by atoms with Crippen LogP contribution in [-0.4, -0.2) is 42.2 Å². The molecule has 7 nitrogen and oxygen atoms in total. The number of aliphatic imine (C=N–C) groups is 2. The van der Waals surface area contributed by atoms with Gasteiger partial charge in [-0.2, -0.15) is 5.10 Å². The van der Waals surface area contributed by atoms with Crippen LogP contribution in [0.5, 0.6) is 5.75 Å². The third-order valence-corrected chi connectivity index (χ3v) is 7.07. The van der Waals surface area contributed by atoms with Gasteiger partial charge in [-0.25, -0.2) is 9.98 Å². The summed E-state index contributed by atoms with van der Waals surface area (Å²) in [6.07, 6.45) is -0.732. The molecule has 0 atom stereocenters. The summed E-state index contributed by atoms with van der Waals surface area (Å²) in [4.78, 5) is 10.4. The van der Waals surface area contributed by atoms with E-state index < -0.39 is 6.36 Å². The number of alkyl halides is 3. The van der Waals surface area contributed by atoms with Gasteiger partial charge >= 0.3 is 6.36 Å². The molecule has 0 saturated carbocycles. The first kappa shape index (κ1) is 29.9. The van der Waals surface area contributed by atoms with E-state index >= 15 is 0 Å². The maximum Gasteiger partial charge on any atom is 0.573 e. The van der Waals surface area contributed by atoms with E-state index in [9.17, 15) is 13.2 Å². The lowest BCUT2D eigenvalue weighted by Gasteiger charge is -2.33. The molecule has 2 N–H and O–H groups in total. The zero-order valence-electron chi connectivity index (χ0n) is 23.0. The Hall–Kier alpha value is -4.12. The molecule has 4 rings (SSSR count). The van der Waals surface area contributed by atoms with Crippen LogP contribution in [0.3, 0.4) is 0 Å². The summed E-state index contributed by atoms with van der Waals surface area (Å²) >= 11 is 1.70. The summed E-state index contributed by atoms with van der Waals surface area (Å²) in [6, 6.07) is 20.9. The zero-order chi connectivity index (χ0) is 29.5. The quantitative estimate of drug-likeness (QED) is 0.181. The van der Waals surface area contributed by atoms with E-state index in [2.05, 4.69) is 74.9 Å². The molecule has 41 heavy (non-hydrogen) atoms. The molecule has 0 spiro atoms. The molecule has 0 amide bonds. The van der Waals surface area contributed by atoms with Gasteiger partial charge in [0.2, 0.25) is 0 Å². The molecule has 1 aliphatic heterocycles. The molecule has 1 saturated heterocycles. The van der Waals surface area contributed by atoms with Gasteiger partial charge < -0.3 is 15.4 Å². The van der Waals surface area contributed by atoms with Crippen molar-refractivity contribution in [3.8, 4) is 5.75 Å². The highest BCUT2D eigenvalue weighted by Gasteiger charge is 2.31. The average molecular weight is 581 g/mol. The van der Waals surface area contributed by atoms with Gasteiger partial charge in [0.05, 0.1) is 11.9 Å². The second-order valence-electron chi connectivity index (χ2n) is 10.2. The molecule has 1 aliphatic rings. The maximum absolute atomic E-state index is 12.3. The highest BCUT2D eigenvalue weighted by atomic mass is 32.2. The highest BCUT2D eigenvalue weighted by molar-refractivity contribution is 8.14. The minimum absolute atomic E-state index is 0.00644. The fraction of sp³-hybridized carbons (Fsp3) is 0.267. The minimum atomic E-state index is -4.74. The topological polar surface area (TPSA) is 87.9 Å². The number of hydrogen-bond donors (Lipinski definition) is 1. The number of thioether (sulfide) groups is 1. The van der Waals surface area contributed by atoms with E-state index in [-0.39, 0.29) is 17.0 Å². The zero-order valence-corrected chi connectivity index (χ0v) is 23.8. The number of nitrogens with two attached hydrogens (primary N) is 1. The number of rotatable bonds is 7. The Bertz CT molecular complexity index is 1440. The van der Waals surface area contributed by atoms with E-state index in [4.69, 9.17) is 5.73 Å². The van der Waals surface area contributed by atoms with Gasteiger partial charge in [-0.05, 0) is 53.3 Å². The van der Waals surface area contributed by atoms with Crippen molar-refractivity contribution in [2.24, 2.45) is 25.9 Å². The molecule has 11 heteroatoms. The maximum atomic E-state index is 12.3. The molecule has 0 unspecified atom stereocenters. The molecular formula is C30H31F3N6OS. The number of ether oxygens (including phenoxy) is 1. The van der Waals surface area contributed by atoms with Crippen LogP contribution in [0.2, 0.25) is 0 Å². The van der Waals surface area contributed by atoms with E-state index in [0.717, 1.165) is 35.1 Å².